The quantitative estimate of drug-likeness (QED) is 0.759. The maximum Gasteiger partial charge on any atom is 0.162 e. The predicted molar refractivity (Wildman–Crippen MR) is 67.2 cm³/mol. The Bertz CT molecular complexity index is 419. The van der Waals surface area contributed by atoms with E-state index in [1.54, 1.807) is 7.11 Å². The molecule has 1 aliphatic rings. The highest BCUT2D eigenvalue weighted by Crippen LogP contribution is 2.28. The lowest BCUT2D eigenvalue weighted by Crippen LogP contribution is -2.15. The Hall–Kier alpha value is -1.66. The molecule has 1 aromatic rings. The van der Waals surface area contributed by atoms with Gasteiger partial charge in [-0.2, -0.15) is 0 Å². The summed E-state index contributed by atoms with van der Waals surface area (Å²) in [5.74, 6) is 3.87. The van der Waals surface area contributed by atoms with Gasteiger partial charge in [-0.1, -0.05) is 12.0 Å². The van der Waals surface area contributed by atoms with Crippen molar-refractivity contribution in [2.45, 2.75) is 25.4 Å². The first kappa shape index (κ1) is 11.8. The van der Waals surface area contributed by atoms with Crippen LogP contribution in [-0.4, -0.2) is 19.8 Å². The molecule has 1 saturated carbocycles. The largest absolute Gasteiger partial charge is 0.493 e. The van der Waals surface area contributed by atoms with Crippen LogP contribution in [0.4, 0.5) is 0 Å². The van der Waals surface area contributed by atoms with Gasteiger partial charge < -0.3 is 14.8 Å². The Morgan fingerprint density at radius 2 is 2.24 bits per heavy atom. The summed E-state index contributed by atoms with van der Waals surface area (Å²) in [6.45, 7) is 1.13. The van der Waals surface area contributed by atoms with E-state index in [0.29, 0.717) is 11.8 Å². The van der Waals surface area contributed by atoms with Crippen molar-refractivity contribution in [1.82, 2.24) is 5.32 Å². The summed E-state index contributed by atoms with van der Waals surface area (Å²) in [6.07, 6.45) is 7.74. The van der Waals surface area contributed by atoms with Gasteiger partial charge in [0.05, 0.1) is 7.11 Å². The van der Waals surface area contributed by atoms with Crippen LogP contribution in [0.1, 0.15) is 18.4 Å². The van der Waals surface area contributed by atoms with Gasteiger partial charge in [-0.05, 0) is 30.5 Å². The van der Waals surface area contributed by atoms with Gasteiger partial charge in [0.25, 0.3) is 0 Å². The fraction of sp³-hybridized carbons (Fsp3) is 0.429. The standard InChI is InChI=1S/C14H17NO2/c1-3-8-17-13-7-4-11(9-14(13)16-2)10-15-12-5-6-12/h1,4,7,9,12,15H,5-6,8,10H2,2H3. The fourth-order valence-electron chi connectivity index (χ4n) is 1.61. The van der Waals surface area contributed by atoms with Gasteiger partial charge in [-0.25, -0.2) is 0 Å². The van der Waals surface area contributed by atoms with Crippen molar-refractivity contribution in [3.63, 3.8) is 0 Å². The normalized spacial score (nSPS) is 14.1. The van der Waals surface area contributed by atoms with Crippen LogP contribution in [0.25, 0.3) is 0 Å². The molecule has 2 rings (SSSR count). The molecule has 0 radical (unpaired) electrons. The van der Waals surface area contributed by atoms with Crippen molar-refractivity contribution in [3.8, 4) is 23.8 Å². The second kappa shape index (κ2) is 5.60. The van der Waals surface area contributed by atoms with E-state index in [-0.39, 0.29) is 6.61 Å². The number of terminal acetylenes is 1. The number of hydrogen-bond acceptors (Lipinski definition) is 3. The van der Waals surface area contributed by atoms with Crippen LogP contribution in [0, 0.1) is 12.3 Å². The second-order valence-corrected chi connectivity index (χ2v) is 4.13. The van der Waals surface area contributed by atoms with Crippen LogP contribution in [0.15, 0.2) is 18.2 Å². The molecule has 0 atom stereocenters. The van der Waals surface area contributed by atoms with E-state index >= 15 is 0 Å². The van der Waals surface area contributed by atoms with Gasteiger partial charge >= 0.3 is 0 Å². The van der Waals surface area contributed by atoms with Crippen LogP contribution in [0.5, 0.6) is 11.5 Å². The number of hydrogen-bond donors (Lipinski definition) is 1. The Kier molecular flexibility index (Phi) is 3.89. The van der Waals surface area contributed by atoms with E-state index in [1.165, 1.54) is 18.4 Å². The number of nitrogens with one attached hydrogen (secondary N) is 1. The average Bonchev–Trinajstić information content (AvgIpc) is 3.18. The van der Waals surface area contributed by atoms with E-state index in [9.17, 15) is 0 Å². The highest BCUT2D eigenvalue weighted by atomic mass is 16.5. The molecule has 1 N–H and O–H groups in total. The summed E-state index contributed by atoms with van der Waals surface area (Å²) in [4.78, 5) is 0. The van der Waals surface area contributed by atoms with Crippen molar-refractivity contribution < 1.29 is 9.47 Å². The molecule has 0 aromatic heterocycles. The van der Waals surface area contributed by atoms with Crippen molar-refractivity contribution in [3.05, 3.63) is 23.8 Å². The van der Waals surface area contributed by atoms with E-state index in [2.05, 4.69) is 11.2 Å². The SMILES string of the molecule is C#CCOc1ccc(CNC2CC2)cc1OC. The lowest BCUT2D eigenvalue weighted by molar-refractivity contribution is 0.330. The lowest BCUT2D eigenvalue weighted by atomic mass is 10.2. The molecule has 0 unspecified atom stereocenters. The van der Waals surface area contributed by atoms with E-state index in [1.807, 2.05) is 18.2 Å². The summed E-state index contributed by atoms with van der Waals surface area (Å²) in [7, 11) is 1.64. The molecule has 0 amide bonds. The molecule has 1 fully saturated rings. The Balaban J connectivity index is 2.01. The third-order valence-corrected chi connectivity index (χ3v) is 2.71. The summed E-state index contributed by atoms with van der Waals surface area (Å²) in [6, 6.07) is 6.63. The summed E-state index contributed by atoms with van der Waals surface area (Å²) >= 11 is 0. The maximum atomic E-state index is 5.39. The van der Waals surface area contributed by atoms with Gasteiger partial charge in [0.15, 0.2) is 11.5 Å². The number of benzene rings is 1. The molecule has 90 valence electrons. The molecular weight excluding hydrogens is 214 g/mol. The third-order valence-electron chi connectivity index (χ3n) is 2.71. The molecule has 0 heterocycles. The number of ether oxygens (including phenoxy) is 2. The molecule has 3 heteroatoms. The van der Waals surface area contributed by atoms with Gasteiger partial charge in [0.1, 0.15) is 6.61 Å². The zero-order valence-electron chi connectivity index (χ0n) is 10.0. The van der Waals surface area contributed by atoms with Crippen molar-refractivity contribution in [1.29, 1.82) is 0 Å². The Morgan fingerprint density at radius 1 is 1.41 bits per heavy atom. The molecule has 3 nitrogen and oxygen atoms in total. The van der Waals surface area contributed by atoms with Crippen LogP contribution >= 0.6 is 0 Å². The maximum absolute atomic E-state index is 5.39. The van der Waals surface area contributed by atoms with Crippen molar-refractivity contribution in [2.75, 3.05) is 13.7 Å². The minimum atomic E-state index is 0.260. The van der Waals surface area contributed by atoms with Gasteiger partial charge in [0.2, 0.25) is 0 Å². The van der Waals surface area contributed by atoms with Crippen LogP contribution in [0.2, 0.25) is 0 Å². The van der Waals surface area contributed by atoms with Crippen molar-refractivity contribution >= 4 is 0 Å². The Morgan fingerprint density at radius 3 is 2.88 bits per heavy atom. The smallest absolute Gasteiger partial charge is 0.162 e. The molecule has 0 spiro atoms. The monoisotopic (exact) mass is 231 g/mol. The minimum Gasteiger partial charge on any atom is -0.493 e. The summed E-state index contributed by atoms with van der Waals surface area (Å²) in [5, 5.41) is 3.46. The van der Waals surface area contributed by atoms with Crippen LogP contribution in [-0.2, 0) is 6.54 Å². The molecule has 0 bridgehead atoms. The number of rotatable bonds is 6. The van der Waals surface area contributed by atoms with E-state index in [4.69, 9.17) is 15.9 Å². The highest BCUT2D eigenvalue weighted by molar-refractivity contribution is 5.43. The zero-order valence-corrected chi connectivity index (χ0v) is 10.0. The minimum absolute atomic E-state index is 0.260. The Labute approximate surface area is 102 Å². The molecule has 0 saturated heterocycles. The van der Waals surface area contributed by atoms with Crippen molar-refractivity contribution in [2.24, 2.45) is 0 Å². The summed E-state index contributed by atoms with van der Waals surface area (Å²) in [5.41, 5.74) is 1.20. The molecule has 17 heavy (non-hydrogen) atoms. The molecular formula is C14H17NO2. The first-order valence-electron chi connectivity index (χ1n) is 5.80. The first-order valence-corrected chi connectivity index (χ1v) is 5.80. The molecule has 1 aliphatic carbocycles. The first-order chi connectivity index (χ1) is 8.33. The van der Waals surface area contributed by atoms with E-state index < -0.39 is 0 Å². The fourth-order valence-corrected chi connectivity index (χ4v) is 1.61. The van der Waals surface area contributed by atoms with Gasteiger partial charge in [-0.15, -0.1) is 6.42 Å². The zero-order chi connectivity index (χ0) is 12.1. The van der Waals surface area contributed by atoms with E-state index in [0.717, 1.165) is 12.3 Å². The topological polar surface area (TPSA) is 30.5 Å². The van der Waals surface area contributed by atoms with Gasteiger partial charge in [-0.3, -0.25) is 0 Å². The molecule has 1 aromatic carbocycles. The van der Waals surface area contributed by atoms with Crippen LogP contribution in [0.3, 0.4) is 0 Å². The van der Waals surface area contributed by atoms with Gasteiger partial charge in [0, 0.05) is 12.6 Å². The highest BCUT2D eigenvalue weighted by Gasteiger charge is 2.20. The summed E-state index contributed by atoms with van der Waals surface area (Å²) < 4.78 is 10.7. The average molecular weight is 231 g/mol. The predicted octanol–water partition coefficient (Wildman–Crippen LogP) is 1.96. The number of methoxy groups -OCH3 is 1. The molecule has 0 aliphatic heterocycles. The lowest BCUT2D eigenvalue weighted by Gasteiger charge is -2.11. The van der Waals surface area contributed by atoms with Crippen LogP contribution < -0.4 is 14.8 Å². The second-order valence-electron chi connectivity index (χ2n) is 4.13. The third kappa shape index (κ3) is 3.40.